The number of nitrogens with zero attached hydrogens (tertiary/aromatic N) is 4. The number of hydrogen-bond donors (Lipinski definition) is 0. The maximum absolute atomic E-state index is 13.6. The van der Waals surface area contributed by atoms with Gasteiger partial charge in [0.25, 0.3) is 5.56 Å². The Kier molecular flexibility index (Phi) is 6.04. The number of rotatable bonds is 6. The number of aryl methyl sites for hydroxylation is 2. The van der Waals surface area contributed by atoms with E-state index in [-0.39, 0.29) is 17.5 Å². The SMILES string of the molecule is N#CCC[C@@H](C#N)CSc1nc2sc3c(c2c(=O)n1C1CCCC1)CCCC3. The molecule has 1 fully saturated rings. The third kappa shape index (κ3) is 3.71. The van der Waals surface area contributed by atoms with Gasteiger partial charge < -0.3 is 0 Å². The van der Waals surface area contributed by atoms with Gasteiger partial charge in [0.15, 0.2) is 5.16 Å². The first-order valence-corrected chi connectivity index (χ1v) is 12.0. The summed E-state index contributed by atoms with van der Waals surface area (Å²) in [4.78, 5) is 20.7. The molecule has 2 aromatic rings. The van der Waals surface area contributed by atoms with E-state index in [1.165, 1.54) is 28.6 Å². The summed E-state index contributed by atoms with van der Waals surface area (Å²) in [5.74, 6) is 0.388. The molecule has 0 radical (unpaired) electrons. The largest absolute Gasteiger partial charge is 0.284 e. The van der Waals surface area contributed by atoms with Crippen LogP contribution < -0.4 is 5.56 Å². The van der Waals surface area contributed by atoms with Gasteiger partial charge in [0.2, 0.25) is 0 Å². The Labute approximate surface area is 173 Å². The molecule has 5 nitrogen and oxygen atoms in total. The molecular weight excluding hydrogens is 388 g/mol. The average molecular weight is 413 g/mol. The minimum Gasteiger partial charge on any atom is -0.284 e. The highest BCUT2D eigenvalue weighted by Crippen LogP contribution is 2.37. The molecule has 2 aromatic heterocycles. The molecule has 2 heterocycles. The summed E-state index contributed by atoms with van der Waals surface area (Å²) < 4.78 is 1.94. The van der Waals surface area contributed by atoms with Crippen LogP contribution in [0.15, 0.2) is 9.95 Å². The fourth-order valence-electron chi connectivity index (χ4n) is 4.38. The van der Waals surface area contributed by atoms with Crippen molar-refractivity contribution in [3.05, 3.63) is 20.8 Å². The van der Waals surface area contributed by atoms with Crippen LogP contribution in [0.4, 0.5) is 0 Å². The lowest BCUT2D eigenvalue weighted by Crippen LogP contribution is -2.27. The highest BCUT2D eigenvalue weighted by Gasteiger charge is 2.27. The van der Waals surface area contributed by atoms with E-state index in [1.54, 1.807) is 11.3 Å². The first-order valence-electron chi connectivity index (χ1n) is 10.2. The van der Waals surface area contributed by atoms with Crippen molar-refractivity contribution in [3.63, 3.8) is 0 Å². The van der Waals surface area contributed by atoms with E-state index in [0.717, 1.165) is 60.3 Å². The summed E-state index contributed by atoms with van der Waals surface area (Å²) in [6, 6.07) is 4.65. The van der Waals surface area contributed by atoms with E-state index < -0.39 is 0 Å². The molecule has 7 heteroatoms. The Morgan fingerprint density at radius 3 is 2.75 bits per heavy atom. The standard InChI is InChI=1S/C21H24N4OS2/c22-11-5-6-14(12-23)13-27-21-24-19-18(16-9-3-4-10-17(16)28-19)20(26)25(21)15-7-1-2-8-15/h14-15H,1-10,13H2/t14-/m0/s1. The normalized spacial score (nSPS) is 17.9. The highest BCUT2D eigenvalue weighted by atomic mass is 32.2. The van der Waals surface area contributed by atoms with Gasteiger partial charge in [-0.1, -0.05) is 24.6 Å². The monoisotopic (exact) mass is 412 g/mol. The number of thioether (sulfide) groups is 1. The number of aromatic nitrogens is 2. The second kappa shape index (κ2) is 8.68. The van der Waals surface area contributed by atoms with Crippen molar-refractivity contribution in [1.82, 2.24) is 9.55 Å². The van der Waals surface area contributed by atoms with Crippen molar-refractivity contribution in [1.29, 1.82) is 10.5 Å². The molecule has 0 aliphatic heterocycles. The number of fused-ring (bicyclic) bond motifs is 3. The van der Waals surface area contributed by atoms with Gasteiger partial charge in [-0.15, -0.1) is 11.3 Å². The summed E-state index contributed by atoms with van der Waals surface area (Å²) in [7, 11) is 0. The fourth-order valence-corrected chi connectivity index (χ4v) is 6.81. The smallest absolute Gasteiger partial charge is 0.263 e. The second-order valence-corrected chi connectivity index (χ2v) is 9.80. The minimum absolute atomic E-state index is 0.129. The quantitative estimate of drug-likeness (QED) is 0.493. The van der Waals surface area contributed by atoms with Gasteiger partial charge in [-0.2, -0.15) is 10.5 Å². The van der Waals surface area contributed by atoms with Crippen molar-refractivity contribution in [2.75, 3.05) is 5.75 Å². The van der Waals surface area contributed by atoms with Crippen LogP contribution in [-0.2, 0) is 12.8 Å². The number of hydrogen-bond acceptors (Lipinski definition) is 6. The highest BCUT2D eigenvalue weighted by molar-refractivity contribution is 7.99. The van der Waals surface area contributed by atoms with Crippen LogP contribution in [0.1, 0.15) is 67.8 Å². The van der Waals surface area contributed by atoms with Gasteiger partial charge in [-0.25, -0.2) is 4.98 Å². The van der Waals surface area contributed by atoms with Crippen LogP contribution in [0.5, 0.6) is 0 Å². The average Bonchev–Trinajstić information content (AvgIpc) is 3.35. The predicted molar refractivity (Wildman–Crippen MR) is 113 cm³/mol. The van der Waals surface area contributed by atoms with Gasteiger partial charge in [0.1, 0.15) is 4.83 Å². The molecule has 4 rings (SSSR count). The first kappa shape index (κ1) is 19.5. The molecule has 0 saturated heterocycles. The van der Waals surface area contributed by atoms with Crippen LogP contribution >= 0.6 is 23.1 Å². The lowest BCUT2D eigenvalue weighted by atomic mass is 9.97. The molecule has 1 atom stereocenters. The van der Waals surface area contributed by atoms with Crippen LogP contribution in [0, 0.1) is 28.6 Å². The Hall–Kier alpha value is -1.83. The Morgan fingerprint density at radius 2 is 2.00 bits per heavy atom. The van der Waals surface area contributed by atoms with E-state index in [4.69, 9.17) is 10.2 Å². The fraction of sp³-hybridized carbons (Fsp3) is 0.619. The Morgan fingerprint density at radius 1 is 1.21 bits per heavy atom. The van der Waals surface area contributed by atoms with Crippen LogP contribution in [0.3, 0.4) is 0 Å². The molecule has 2 aliphatic carbocycles. The molecule has 0 unspecified atom stereocenters. The Balaban J connectivity index is 1.74. The minimum atomic E-state index is -0.189. The van der Waals surface area contributed by atoms with E-state index in [0.29, 0.717) is 18.6 Å². The predicted octanol–water partition coefficient (Wildman–Crippen LogP) is 4.99. The molecule has 0 amide bonds. The van der Waals surface area contributed by atoms with Gasteiger partial charge in [-0.05, 0) is 50.5 Å². The van der Waals surface area contributed by atoms with E-state index in [9.17, 15) is 10.1 Å². The van der Waals surface area contributed by atoms with Crippen molar-refractivity contribution in [2.24, 2.45) is 5.92 Å². The lowest BCUT2D eigenvalue weighted by molar-refractivity contribution is 0.457. The van der Waals surface area contributed by atoms with E-state index in [1.807, 2.05) is 4.57 Å². The van der Waals surface area contributed by atoms with E-state index >= 15 is 0 Å². The molecule has 146 valence electrons. The van der Waals surface area contributed by atoms with Crippen molar-refractivity contribution >= 4 is 33.3 Å². The zero-order chi connectivity index (χ0) is 19.5. The maximum Gasteiger partial charge on any atom is 0.263 e. The molecule has 0 spiro atoms. The maximum atomic E-state index is 13.6. The van der Waals surface area contributed by atoms with Crippen LogP contribution in [0.2, 0.25) is 0 Å². The van der Waals surface area contributed by atoms with Crippen molar-refractivity contribution in [2.45, 2.75) is 75.4 Å². The number of thiophene rings is 1. The Bertz CT molecular complexity index is 1000. The topological polar surface area (TPSA) is 82.5 Å². The summed E-state index contributed by atoms with van der Waals surface area (Å²) >= 11 is 3.21. The molecule has 0 aromatic carbocycles. The van der Waals surface area contributed by atoms with Crippen LogP contribution in [-0.4, -0.2) is 15.3 Å². The van der Waals surface area contributed by atoms with Gasteiger partial charge >= 0.3 is 0 Å². The lowest BCUT2D eigenvalue weighted by Gasteiger charge is -2.19. The van der Waals surface area contributed by atoms with Gasteiger partial charge in [0, 0.05) is 23.1 Å². The van der Waals surface area contributed by atoms with Gasteiger partial charge in [0.05, 0.1) is 23.4 Å². The van der Waals surface area contributed by atoms with Crippen molar-refractivity contribution < 1.29 is 0 Å². The summed E-state index contributed by atoms with van der Waals surface area (Å²) in [6.07, 6.45) is 9.74. The molecule has 2 aliphatic rings. The molecule has 0 bridgehead atoms. The molecule has 28 heavy (non-hydrogen) atoms. The second-order valence-electron chi connectivity index (χ2n) is 7.73. The first-order chi connectivity index (χ1) is 13.7. The van der Waals surface area contributed by atoms with Crippen molar-refractivity contribution in [3.8, 4) is 12.1 Å². The third-order valence-electron chi connectivity index (χ3n) is 5.88. The third-order valence-corrected chi connectivity index (χ3v) is 8.18. The summed E-state index contributed by atoms with van der Waals surface area (Å²) in [5, 5.41) is 19.8. The zero-order valence-corrected chi connectivity index (χ0v) is 17.6. The van der Waals surface area contributed by atoms with E-state index in [2.05, 4.69) is 12.1 Å². The number of nitriles is 2. The zero-order valence-electron chi connectivity index (χ0n) is 15.9. The summed E-state index contributed by atoms with van der Waals surface area (Å²) in [5.41, 5.74) is 1.38. The molecular formula is C21H24N4OS2. The van der Waals surface area contributed by atoms with Gasteiger partial charge in [-0.3, -0.25) is 9.36 Å². The summed E-state index contributed by atoms with van der Waals surface area (Å²) in [6.45, 7) is 0. The van der Waals surface area contributed by atoms with Crippen LogP contribution in [0.25, 0.3) is 10.2 Å². The molecule has 0 N–H and O–H groups in total. The molecule has 1 saturated carbocycles.